The number of Topliss-reactive ketones (excluding diaryl/α,β-unsaturated/α-hetero) is 1. The maximum absolute atomic E-state index is 12.9. The molecular formula is C23H25N5O4S2. The molecule has 0 unspecified atom stereocenters. The average molecular weight is 500 g/mol. The molecule has 0 aliphatic carbocycles. The van der Waals surface area contributed by atoms with Crippen LogP contribution in [0.15, 0.2) is 70.8 Å². The van der Waals surface area contributed by atoms with Gasteiger partial charge in [0.1, 0.15) is 0 Å². The van der Waals surface area contributed by atoms with E-state index in [4.69, 9.17) is 5.84 Å². The van der Waals surface area contributed by atoms with Gasteiger partial charge in [-0.15, -0.1) is 0 Å². The molecule has 0 bridgehead atoms. The number of amides is 1. The summed E-state index contributed by atoms with van der Waals surface area (Å²) >= 11 is 1.25. The summed E-state index contributed by atoms with van der Waals surface area (Å²) in [4.78, 5) is 30.4. The van der Waals surface area contributed by atoms with Gasteiger partial charge in [-0.3, -0.25) is 9.59 Å². The molecular weight excluding hydrogens is 474 g/mol. The lowest BCUT2D eigenvalue weighted by atomic mass is 10.2. The van der Waals surface area contributed by atoms with Gasteiger partial charge >= 0.3 is 0 Å². The van der Waals surface area contributed by atoms with E-state index < -0.39 is 10.0 Å². The van der Waals surface area contributed by atoms with Crippen LogP contribution in [0.1, 0.15) is 17.3 Å². The largest absolute Gasteiger partial charge is 0.339 e. The van der Waals surface area contributed by atoms with Crippen LogP contribution in [-0.2, 0) is 14.8 Å². The Kier molecular flexibility index (Phi) is 7.05. The molecule has 1 saturated heterocycles. The molecule has 11 heteroatoms. The first-order valence-electron chi connectivity index (χ1n) is 10.7. The van der Waals surface area contributed by atoms with Crippen LogP contribution in [0.4, 0.5) is 0 Å². The molecule has 2 heterocycles. The fraction of sp³-hybridized carbons (Fsp3) is 0.261. The number of imidazole rings is 1. The maximum atomic E-state index is 12.9. The number of nitrogens with two attached hydrogens (primary N) is 1. The second-order valence-corrected chi connectivity index (χ2v) is 10.7. The molecule has 1 aliphatic heterocycles. The molecule has 1 aliphatic rings. The normalized spacial score (nSPS) is 14.8. The number of sulfonamides is 1. The van der Waals surface area contributed by atoms with Crippen molar-refractivity contribution in [2.45, 2.75) is 17.0 Å². The van der Waals surface area contributed by atoms with Crippen LogP contribution in [0.3, 0.4) is 0 Å². The number of hydrogen-bond donors (Lipinski definition) is 1. The van der Waals surface area contributed by atoms with Gasteiger partial charge < -0.3 is 10.7 Å². The number of nitrogen functional groups attached to an aromatic ring is 1. The van der Waals surface area contributed by atoms with Crippen molar-refractivity contribution in [3.05, 3.63) is 66.4 Å². The zero-order valence-electron chi connectivity index (χ0n) is 18.6. The second kappa shape index (κ2) is 10.00. The van der Waals surface area contributed by atoms with Crippen molar-refractivity contribution >= 4 is 33.5 Å². The minimum Gasteiger partial charge on any atom is -0.339 e. The quantitative estimate of drug-likeness (QED) is 0.300. The monoisotopic (exact) mass is 499 g/mol. The smallest absolute Gasteiger partial charge is 0.243 e. The summed E-state index contributed by atoms with van der Waals surface area (Å²) in [7, 11) is -3.69. The number of carbonyl (C=O) groups excluding carboxylic acids is 2. The lowest BCUT2D eigenvalue weighted by molar-refractivity contribution is -0.129. The number of thioether (sulfide) groups is 1. The highest BCUT2D eigenvalue weighted by atomic mass is 32.2. The van der Waals surface area contributed by atoms with Crippen LogP contribution in [0.25, 0.3) is 11.3 Å². The zero-order valence-corrected chi connectivity index (χ0v) is 20.3. The van der Waals surface area contributed by atoms with Gasteiger partial charge in [-0.05, 0) is 19.1 Å². The third-order valence-electron chi connectivity index (χ3n) is 5.58. The van der Waals surface area contributed by atoms with E-state index in [1.54, 1.807) is 11.1 Å². The molecule has 1 fully saturated rings. The number of carbonyl (C=O) groups is 2. The molecule has 1 aromatic heterocycles. The Morgan fingerprint density at radius 3 is 2.26 bits per heavy atom. The summed E-state index contributed by atoms with van der Waals surface area (Å²) in [6.45, 7) is 2.45. The number of nitrogens with zero attached hydrogens (tertiary/aromatic N) is 4. The van der Waals surface area contributed by atoms with Crippen molar-refractivity contribution < 1.29 is 18.0 Å². The second-order valence-electron chi connectivity index (χ2n) is 7.84. The summed E-state index contributed by atoms with van der Waals surface area (Å²) in [5.74, 6) is 5.94. The summed E-state index contributed by atoms with van der Waals surface area (Å²) in [5, 5.41) is 0.530. The summed E-state index contributed by atoms with van der Waals surface area (Å²) in [5.41, 5.74) is 2.13. The topological polar surface area (TPSA) is 119 Å². The molecule has 2 N–H and O–H groups in total. The van der Waals surface area contributed by atoms with Crippen LogP contribution in [0.2, 0.25) is 0 Å². The van der Waals surface area contributed by atoms with E-state index in [0.717, 1.165) is 11.3 Å². The van der Waals surface area contributed by atoms with E-state index in [1.165, 1.54) is 51.9 Å². The Balaban J connectivity index is 1.32. The van der Waals surface area contributed by atoms with E-state index in [1.807, 2.05) is 30.3 Å². The van der Waals surface area contributed by atoms with E-state index in [9.17, 15) is 18.0 Å². The third kappa shape index (κ3) is 5.16. The van der Waals surface area contributed by atoms with E-state index >= 15 is 0 Å². The summed E-state index contributed by atoms with van der Waals surface area (Å²) in [6.07, 6.45) is 1.72. The summed E-state index contributed by atoms with van der Waals surface area (Å²) < 4.78 is 28.6. The molecule has 0 radical (unpaired) electrons. The Hall–Kier alpha value is -3.15. The minimum atomic E-state index is -3.69. The average Bonchev–Trinajstić information content (AvgIpc) is 3.23. The lowest BCUT2D eigenvalue weighted by Crippen LogP contribution is -2.51. The SMILES string of the molecule is CC(=O)c1ccc(S(=O)(=O)N2CCN(C(=O)CSc3nc(-c4ccccc4)cn3N)CC2)cc1. The van der Waals surface area contributed by atoms with Gasteiger partial charge in [-0.1, -0.05) is 54.2 Å². The van der Waals surface area contributed by atoms with Crippen molar-refractivity contribution in [3.8, 4) is 11.3 Å². The zero-order chi connectivity index (χ0) is 24.3. The number of hydrogen-bond acceptors (Lipinski definition) is 7. The van der Waals surface area contributed by atoms with Crippen molar-refractivity contribution in [2.75, 3.05) is 37.8 Å². The first kappa shape index (κ1) is 24.0. The highest BCUT2D eigenvalue weighted by Gasteiger charge is 2.30. The fourth-order valence-electron chi connectivity index (χ4n) is 3.64. The maximum Gasteiger partial charge on any atom is 0.243 e. The van der Waals surface area contributed by atoms with E-state index in [0.29, 0.717) is 23.8 Å². The predicted molar refractivity (Wildman–Crippen MR) is 130 cm³/mol. The first-order chi connectivity index (χ1) is 16.3. The number of piperazine rings is 1. The fourth-order valence-corrected chi connectivity index (χ4v) is 5.86. The molecule has 0 atom stereocenters. The molecule has 0 saturated carbocycles. The Bertz CT molecular complexity index is 1280. The Labute approximate surface area is 202 Å². The van der Waals surface area contributed by atoms with Gasteiger partial charge in [0.2, 0.25) is 15.9 Å². The molecule has 0 spiro atoms. The number of benzene rings is 2. The van der Waals surface area contributed by atoms with Gasteiger partial charge in [0, 0.05) is 37.3 Å². The number of rotatable bonds is 7. The van der Waals surface area contributed by atoms with Crippen LogP contribution in [0, 0.1) is 0 Å². The molecule has 2 aromatic carbocycles. The van der Waals surface area contributed by atoms with Crippen molar-refractivity contribution in [3.63, 3.8) is 0 Å². The highest BCUT2D eigenvalue weighted by molar-refractivity contribution is 7.99. The van der Waals surface area contributed by atoms with E-state index in [-0.39, 0.29) is 35.4 Å². The van der Waals surface area contributed by atoms with Crippen LogP contribution >= 0.6 is 11.8 Å². The van der Waals surface area contributed by atoms with Crippen molar-refractivity contribution in [2.24, 2.45) is 0 Å². The Morgan fingerprint density at radius 1 is 1.00 bits per heavy atom. The van der Waals surface area contributed by atoms with Gasteiger partial charge in [0.25, 0.3) is 0 Å². The number of ketones is 1. The van der Waals surface area contributed by atoms with Crippen molar-refractivity contribution in [1.82, 2.24) is 18.9 Å². The first-order valence-corrected chi connectivity index (χ1v) is 13.1. The Morgan fingerprint density at radius 2 is 1.65 bits per heavy atom. The minimum absolute atomic E-state index is 0.0999. The molecule has 178 valence electrons. The van der Waals surface area contributed by atoms with Crippen LogP contribution < -0.4 is 5.84 Å². The molecule has 4 rings (SSSR count). The lowest BCUT2D eigenvalue weighted by Gasteiger charge is -2.34. The number of aromatic nitrogens is 2. The predicted octanol–water partition coefficient (Wildman–Crippen LogP) is 2.09. The molecule has 1 amide bonds. The van der Waals surface area contributed by atoms with Crippen molar-refractivity contribution in [1.29, 1.82) is 0 Å². The van der Waals surface area contributed by atoms with Crippen LogP contribution in [0.5, 0.6) is 0 Å². The van der Waals surface area contributed by atoms with Crippen LogP contribution in [-0.4, -0.2) is 70.9 Å². The third-order valence-corrected chi connectivity index (χ3v) is 8.45. The van der Waals surface area contributed by atoms with Gasteiger partial charge in [-0.2, -0.15) is 4.31 Å². The van der Waals surface area contributed by atoms with E-state index in [2.05, 4.69) is 4.98 Å². The highest BCUT2D eigenvalue weighted by Crippen LogP contribution is 2.24. The standard InChI is InChI=1S/C23H25N5O4S2/c1-17(29)18-7-9-20(10-8-18)34(31,32)27-13-11-26(12-14-27)22(30)16-33-23-25-21(15-28(23)24)19-5-3-2-4-6-19/h2-10,15H,11-14,16,24H2,1H3. The summed E-state index contributed by atoms with van der Waals surface area (Å²) in [6, 6.07) is 15.5. The van der Waals surface area contributed by atoms with Gasteiger partial charge in [-0.25, -0.2) is 18.1 Å². The van der Waals surface area contributed by atoms with Gasteiger partial charge in [0.05, 0.1) is 22.5 Å². The molecule has 9 nitrogen and oxygen atoms in total. The molecule has 34 heavy (non-hydrogen) atoms. The molecule has 3 aromatic rings. The van der Waals surface area contributed by atoms with Gasteiger partial charge in [0.15, 0.2) is 10.9 Å².